The van der Waals surface area contributed by atoms with Crippen LogP contribution in [0.25, 0.3) is 83.9 Å². The average Bonchev–Trinajstić information content (AvgIpc) is 0.644. The van der Waals surface area contributed by atoms with E-state index in [9.17, 15) is 41.9 Å². The number of thioether (sulfide) groups is 3. The van der Waals surface area contributed by atoms with Crippen molar-refractivity contribution in [1.82, 2.24) is 73.3 Å². The number of nitrogens with zero attached hydrogens (tertiary/aromatic N) is 18. The van der Waals surface area contributed by atoms with Crippen molar-refractivity contribution in [3.8, 4) is 50.8 Å². The second kappa shape index (κ2) is 39.9. The van der Waals surface area contributed by atoms with Crippen LogP contribution in [0.2, 0.25) is 20.1 Å². The maximum absolute atomic E-state index is 15.3. The molecule has 0 saturated carbocycles. The van der Waals surface area contributed by atoms with Gasteiger partial charge in [0.25, 0.3) is 0 Å². The highest BCUT2D eigenvalue weighted by Gasteiger charge is 2.41. The van der Waals surface area contributed by atoms with Crippen molar-refractivity contribution < 1.29 is 31.9 Å². The first kappa shape index (κ1) is 96.5. The van der Waals surface area contributed by atoms with Crippen LogP contribution in [0, 0.1) is 12.7 Å². The molecule has 9 aromatic heterocycles. The number of hydrogen-bond donors (Lipinski definition) is 0. The Morgan fingerprint density at radius 1 is 0.431 bits per heavy atom. The number of pyridine rings is 6. The summed E-state index contributed by atoms with van der Waals surface area (Å²) in [5.41, 5.74) is 3.93. The zero-order valence-electron chi connectivity index (χ0n) is 74.6. The normalized spacial score (nSPS) is 17.2. The van der Waals surface area contributed by atoms with E-state index < -0.39 is 45.9 Å². The van der Waals surface area contributed by atoms with E-state index in [0.717, 1.165) is 50.5 Å². The summed E-state index contributed by atoms with van der Waals surface area (Å²) in [7, 11) is 0. The Morgan fingerprint density at radius 2 is 0.754 bits per heavy atom. The highest BCUT2D eigenvalue weighted by molar-refractivity contribution is 7.99. The summed E-state index contributed by atoms with van der Waals surface area (Å²) >= 11 is 31.5. The Morgan fingerprint density at radius 3 is 1.08 bits per heavy atom. The molecule has 0 spiro atoms. The Labute approximate surface area is 783 Å². The molecule has 678 valence electrons. The molecule has 12 aromatic rings. The van der Waals surface area contributed by atoms with Crippen LogP contribution in [0.5, 0.6) is 0 Å². The van der Waals surface area contributed by atoms with Gasteiger partial charge in [-0.05, 0) is 163 Å². The van der Waals surface area contributed by atoms with Crippen molar-refractivity contribution in [1.29, 1.82) is 0 Å². The molecule has 0 radical (unpaired) electrons. The van der Waals surface area contributed by atoms with Gasteiger partial charge in [0.15, 0.2) is 16.9 Å². The van der Waals surface area contributed by atoms with E-state index >= 15 is 4.39 Å². The second-order valence-electron chi connectivity index (χ2n) is 33.0. The number of amides is 3. The molecule has 24 nitrogen and oxygen atoms in total. The average molecular weight is 1900 g/mol. The standard InChI is InChI=1S/C32H31ClF4N6O2S.C32H35ClN6O2S.C31H32Cl2N6O2S/c1-7-24(44)41-14-18(5)42(15-17(41)4)29-19-13-21(33)27(25-20(32(35,36)37)9-8-10-22(25)34)39-30(19)43(31(45)40-29)28-23(46-6)11-12-38-26(28)16(2)3;1-8-26(40)37-16-21(6)38(17-20(37)5)30-23-15-24(33)28(22-12-10-9-11-19(22)4)35-31(23)39(32(41)36-30)29-25(42-7)13-14-34-27(29)18(2)3;1-7-25(40)37-15-19(5)38(16-18(37)4)29-21-14-23(33)27(20-10-8-9-11-22(20)32)35-30(21)39(31(41)36-29)28-24(42-6)12-13-34-26(28)17(2)3/h7-13,16-18H,1,14-15H2,2-6H3;8-15,18,20-21H,1,16-17H2,2-7H3;7-14,17-19H,1,15-16H2,2-6H3/t17-,18+;20-,21+;18-,19+/m111/s1. The summed E-state index contributed by atoms with van der Waals surface area (Å²) < 4.78 is 62.1. The lowest BCUT2D eigenvalue weighted by Crippen LogP contribution is -2.58. The molecule has 130 heavy (non-hydrogen) atoms. The van der Waals surface area contributed by atoms with Gasteiger partial charge in [0.2, 0.25) is 17.7 Å². The summed E-state index contributed by atoms with van der Waals surface area (Å²) in [6.07, 6.45) is 9.88. The number of fused-ring (bicyclic) bond motifs is 3. The van der Waals surface area contributed by atoms with Crippen molar-refractivity contribution in [3.05, 3.63) is 245 Å². The van der Waals surface area contributed by atoms with Gasteiger partial charge in [-0.25, -0.2) is 47.4 Å². The molecular formula is C95H98Cl4F4N18O6S3. The Kier molecular flexibility index (Phi) is 29.6. The highest BCUT2D eigenvalue weighted by Crippen LogP contribution is 2.46. The molecule has 3 aliphatic heterocycles. The van der Waals surface area contributed by atoms with Gasteiger partial charge in [0.1, 0.15) is 23.3 Å². The SMILES string of the molecule is C=CC(=O)N1C[C@H](C)N(c2nc(=O)n(-c3c(SC)ccnc3C(C)C)c3nc(-c4c(F)cccc4C(F)(F)F)c(Cl)cc23)C[C@H]1C.C=CC(=O)N1C[C@H](C)N(c2nc(=O)n(-c3c(SC)ccnc3C(C)C)c3nc(-c4ccccc4C)c(Cl)cc23)C[C@H]1C.C=CC(=O)N1C[C@H](C)N(c2nc(=O)n(-c3c(SC)ccnc3C(C)C)c3nc(-c4ccccc4Cl)c(Cl)cc23)C[C@H]1C. The van der Waals surface area contributed by atoms with E-state index in [-0.39, 0.29) is 100 Å². The Balaban J connectivity index is 0.000000166. The number of rotatable bonds is 18. The molecule has 0 aliphatic carbocycles. The number of aromatic nitrogens is 12. The fraction of sp³-hybridized carbons (Fsp3) is 0.337. The number of piperazine rings is 3. The predicted molar refractivity (Wildman–Crippen MR) is 517 cm³/mol. The summed E-state index contributed by atoms with van der Waals surface area (Å²) in [6, 6.07) is 27.3. The molecule has 0 bridgehead atoms. The smallest absolute Gasteiger partial charge is 0.349 e. The first-order valence-electron chi connectivity index (χ1n) is 42.1. The summed E-state index contributed by atoms with van der Waals surface area (Å²) in [4.78, 5) is 136. The molecule has 3 fully saturated rings. The highest BCUT2D eigenvalue weighted by atomic mass is 35.5. The quantitative estimate of drug-likeness (QED) is 0.0439. The van der Waals surface area contributed by atoms with E-state index in [2.05, 4.69) is 78.3 Å². The van der Waals surface area contributed by atoms with Crippen LogP contribution >= 0.6 is 81.7 Å². The van der Waals surface area contributed by atoms with Crippen LogP contribution < -0.4 is 31.8 Å². The molecule has 3 aliphatic rings. The molecule has 3 amide bonds. The zero-order valence-corrected chi connectivity index (χ0v) is 80.1. The summed E-state index contributed by atoms with van der Waals surface area (Å²) in [5.74, 6) is -0.590. The van der Waals surface area contributed by atoms with Gasteiger partial charge < -0.3 is 29.4 Å². The van der Waals surface area contributed by atoms with Gasteiger partial charge >= 0.3 is 23.2 Å². The lowest BCUT2D eigenvalue weighted by molar-refractivity contribution is -0.137. The van der Waals surface area contributed by atoms with Gasteiger partial charge in [0.05, 0.1) is 93.0 Å². The molecule has 3 aromatic carbocycles. The van der Waals surface area contributed by atoms with E-state index in [4.69, 9.17) is 56.4 Å². The summed E-state index contributed by atoms with van der Waals surface area (Å²) in [5, 5.41) is 2.60. The fourth-order valence-electron chi connectivity index (χ4n) is 17.0. The van der Waals surface area contributed by atoms with Crippen molar-refractivity contribution in [2.75, 3.05) is 72.7 Å². The van der Waals surface area contributed by atoms with Crippen LogP contribution in [0.3, 0.4) is 0 Å². The molecule has 3 saturated heterocycles. The van der Waals surface area contributed by atoms with Gasteiger partial charge in [0, 0.05) is 125 Å². The number of alkyl halides is 3. The maximum atomic E-state index is 15.3. The minimum atomic E-state index is -4.92. The molecule has 35 heteroatoms. The number of hydrogen-bond acceptors (Lipinski definition) is 21. The number of benzene rings is 3. The van der Waals surface area contributed by atoms with E-state index in [1.807, 2.05) is 167 Å². The lowest BCUT2D eigenvalue weighted by Gasteiger charge is -2.44. The predicted octanol–water partition coefficient (Wildman–Crippen LogP) is 20.0. The molecular weight excluding hydrogens is 1800 g/mol. The van der Waals surface area contributed by atoms with Crippen LogP contribution in [-0.2, 0) is 20.6 Å². The lowest BCUT2D eigenvalue weighted by atomic mass is 10.0. The first-order valence-corrected chi connectivity index (χ1v) is 47.3. The number of halogens is 8. The van der Waals surface area contributed by atoms with Crippen molar-refractivity contribution in [2.24, 2.45) is 0 Å². The number of carbonyl (C=O) groups excluding carboxylic acids is 3. The van der Waals surface area contributed by atoms with Crippen LogP contribution in [0.15, 0.2) is 189 Å². The van der Waals surface area contributed by atoms with Crippen LogP contribution in [-0.4, -0.2) is 185 Å². The maximum Gasteiger partial charge on any atom is 0.417 e. The number of carbonyl (C=O) groups is 3. The third-order valence-electron chi connectivity index (χ3n) is 23.4. The fourth-order valence-corrected chi connectivity index (χ4v) is 19.7. The largest absolute Gasteiger partial charge is 0.417 e. The van der Waals surface area contributed by atoms with E-state index in [1.54, 1.807) is 66.3 Å². The monoisotopic (exact) mass is 1900 g/mol. The first-order chi connectivity index (χ1) is 61.8. The Bertz CT molecular complexity index is 6420. The van der Waals surface area contributed by atoms with Crippen molar-refractivity contribution in [2.45, 2.75) is 165 Å². The van der Waals surface area contributed by atoms with Crippen LogP contribution in [0.4, 0.5) is 35.0 Å². The molecule has 0 unspecified atom stereocenters. The molecule has 0 N–H and O–H groups in total. The molecule has 15 rings (SSSR count). The topological polar surface area (TPSA) is 253 Å². The van der Waals surface area contributed by atoms with Crippen LogP contribution in [0.1, 0.15) is 129 Å². The van der Waals surface area contributed by atoms with E-state index in [0.29, 0.717) is 126 Å². The Hall–Kier alpha value is -11.1. The number of aryl methyl sites for hydroxylation is 1. The minimum absolute atomic E-state index is 0.0282. The van der Waals surface area contributed by atoms with E-state index in [1.165, 1.54) is 52.4 Å². The molecule has 6 atom stereocenters. The zero-order chi connectivity index (χ0) is 94.2. The second-order valence-corrected chi connectivity index (χ2v) is 37.2. The molecule has 12 heterocycles. The third kappa shape index (κ3) is 18.8. The third-order valence-corrected chi connectivity index (χ3v) is 26.9. The van der Waals surface area contributed by atoms with Gasteiger partial charge in [-0.3, -0.25) is 29.3 Å². The van der Waals surface area contributed by atoms with Crippen molar-refractivity contribution >= 4 is 150 Å². The number of anilines is 3. The van der Waals surface area contributed by atoms with Crippen molar-refractivity contribution in [3.63, 3.8) is 0 Å². The van der Waals surface area contributed by atoms with Gasteiger partial charge in [-0.1, -0.05) is 156 Å². The minimum Gasteiger partial charge on any atom is -0.349 e. The summed E-state index contributed by atoms with van der Waals surface area (Å²) in [6.45, 7) is 39.0. The van der Waals surface area contributed by atoms with Gasteiger partial charge in [-0.15, -0.1) is 35.3 Å². The van der Waals surface area contributed by atoms with Gasteiger partial charge in [-0.2, -0.15) is 28.1 Å².